The highest BCUT2D eigenvalue weighted by molar-refractivity contribution is 8.00. The van der Waals surface area contributed by atoms with Gasteiger partial charge in [-0.1, -0.05) is 12.1 Å². The number of hydrogen-bond acceptors (Lipinski definition) is 7. The molecular weight excluding hydrogens is 384 g/mol. The fourth-order valence-corrected chi connectivity index (χ4v) is 5.10. The zero-order valence-electron chi connectivity index (χ0n) is 14.6. The van der Waals surface area contributed by atoms with Crippen molar-refractivity contribution in [2.45, 2.75) is 18.0 Å². The molecule has 1 aromatic carbocycles. The van der Waals surface area contributed by atoms with Gasteiger partial charge in [0.15, 0.2) is 0 Å². The first-order valence-electron chi connectivity index (χ1n) is 8.36. The summed E-state index contributed by atoms with van der Waals surface area (Å²) in [7, 11) is 1.60. The van der Waals surface area contributed by atoms with Gasteiger partial charge in [-0.15, -0.1) is 11.8 Å². The highest BCUT2D eigenvalue weighted by atomic mass is 32.2. The van der Waals surface area contributed by atoms with Gasteiger partial charge in [-0.2, -0.15) is 11.3 Å². The molecule has 1 amide bonds. The third kappa shape index (κ3) is 3.24. The van der Waals surface area contributed by atoms with Crippen molar-refractivity contribution in [2.75, 3.05) is 12.9 Å². The Morgan fingerprint density at radius 1 is 1.30 bits per heavy atom. The zero-order valence-corrected chi connectivity index (χ0v) is 16.2. The summed E-state index contributed by atoms with van der Waals surface area (Å²) in [4.78, 5) is 26.7. The summed E-state index contributed by atoms with van der Waals surface area (Å²) in [6.07, 6.45) is 0. The number of hydrogen-bond donors (Lipinski definition) is 1. The minimum absolute atomic E-state index is 0.120. The van der Waals surface area contributed by atoms with Crippen LogP contribution < -0.4 is 10.5 Å². The van der Waals surface area contributed by atoms with Crippen LogP contribution in [-0.2, 0) is 20.9 Å². The lowest BCUT2D eigenvalue weighted by Crippen LogP contribution is -2.68. The molecule has 0 saturated carbocycles. The second-order valence-electron chi connectivity index (χ2n) is 6.20. The number of esters is 1. The number of rotatable bonds is 5. The van der Waals surface area contributed by atoms with Crippen LogP contribution in [0.5, 0.6) is 5.75 Å². The average Bonchev–Trinajstić information content (AvgIpc) is 3.25. The van der Waals surface area contributed by atoms with Gasteiger partial charge < -0.3 is 15.2 Å². The number of β-lactam (4-membered cyclic amide) rings is 1. The molecule has 0 unspecified atom stereocenters. The number of fused-ring (bicyclic) bond motifs is 1. The van der Waals surface area contributed by atoms with Gasteiger partial charge >= 0.3 is 5.97 Å². The molecule has 0 bridgehead atoms. The Labute approximate surface area is 164 Å². The second kappa shape index (κ2) is 7.38. The van der Waals surface area contributed by atoms with Crippen LogP contribution in [-0.4, -0.2) is 41.1 Å². The molecule has 0 radical (unpaired) electrons. The van der Waals surface area contributed by atoms with Crippen LogP contribution in [0, 0.1) is 0 Å². The van der Waals surface area contributed by atoms with Crippen molar-refractivity contribution in [3.63, 3.8) is 0 Å². The largest absolute Gasteiger partial charge is 0.497 e. The maximum Gasteiger partial charge on any atom is 0.355 e. The topological polar surface area (TPSA) is 81.9 Å². The molecule has 6 nitrogen and oxygen atoms in total. The Morgan fingerprint density at radius 2 is 2.07 bits per heavy atom. The maximum absolute atomic E-state index is 12.9. The van der Waals surface area contributed by atoms with E-state index in [-0.39, 0.29) is 17.9 Å². The highest BCUT2D eigenvalue weighted by Gasteiger charge is 2.52. The third-order valence-corrected chi connectivity index (χ3v) is 6.59. The minimum atomic E-state index is -0.566. The molecule has 1 saturated heterocycles. The Balaban J connectivity index is 1.58. The summed E-state index contributed by atoms with van der Waals surface area (Å²) < 4.78 is 10.7. The van der Waals surface area contributed by atoms with Crippen molar-refractivity contribution in [3.8, 4) is 5.75 Å². The third-order valence-electron chi connectivity index (χ3n) is 4.60. The SMILES string of the molecule is COc1ccc(COC(=O)C2=C(c3ccsc3)CS[C@@H]3[C@H](N)C(=O)N23)cc1. The molecule has 27 heavy (non-hydrogen) atoms. The van der Waals surface area contributed by atoms with E-state index < -0.39 is 12.0 Å². The first kappa shape index (κ1) is 18.1. The number of thiophene rings is 1. The van der Waals surface area contributed by atoms with E-state index in [1.54, 1.807) is 30.2 Å². The summed E-state index contributed by atoms with van der Waals surface area (Å²) >= 11 is 3.12. The number of nitrogens with two attached hydrogens (primary N) is 1. The lowest BCUT2D eigenvalue weighted by molar-refractivity contribution is -0.151. The molecular formula is C19H18N2O4S2. The smallest absolute Gasteiger partial charge is 0.355 e. The molecule has 1 fully saturated rings. The van der Waals surface area contributed by atoms with Crippen molar-refractivity contribution in [2.24, 2.45) is 5.73 Å². The highest BCUT2D eigenvalue weighted by Crippen LogP contribution is 2.43. The van der Waals surface area contributed by atoms with Crippen molar-refractivity contribution >= 4 is 40.5 Å². The summed E-state index contributed by atoms with van der Waals surface area (Å²) in [5.74, 6) is 0.611. The maximum atomic E-state index is 12.9. The fraction of sp³-hybridized carbons (Fsp3) is 0.263. The van der Waals surface area contributed by atoms with Gasteiger partial charge in [0.05, 0.1) is 7.11 Å². The van der Waals surface area contributed by atoms with Crippen LogP contribution in [0.15, 0.2) is 46.8 Å². The molecule has 2 atom stereocenters. The standard InChI is InChI=1S/C19H18N2O4S2/c1-24-13-4-2-11(3-5-13)8-25-19(23)16-14(12-6-7-26-9-12)10-27-18-15(20)17(22)21(16)18/h2-7,9,15,18H,8,10,20H2,1H3/t15-,18-/m1/s1. The van der Waals surface area contributed by atoms with E-state index in [4.69, 9.17) is 15.2 Å². The van der Waals surface area contributed by atoms with Crippen molar-refractivity contribution in [1.29, 1.82) is 0 Å². The minimum Gasteiger partial charge on any atom is -0.497 e. The van der Waals surface area contributed by atoms with E-state index in [1.165, 1.54) is 4.90 Å². The van der Waals surface area contributed by atoms with Crippen LogP contribution in [0.3, 0.4) is 0 Å². The molecule has 140 valence electrons. The molecule has 0 aliphatic carbocycles. The summed E-state index contributed by atoms with van der Waals surface area (Å²) in [5.41, 5.74) is 8.82. The molecule has 2 aliphatic heterocycles. The predicted octanol–water partition coefficient (Wildman–Crippen LogP) is 2.45. The number of thioether (sulfide) groups is 1. The van der Waals surface area contributed by atoms with E-state index in [0.717, 1.165) is 22.4 Å². The second-order valence-corrected chi connectivity index (χ2v) is 8.08. The van der Waals surface area contributed by atoms with Gasteiger partial charge in [0.2, 0.25) is 5.91 Å². The Bertz CT molecular complexity index is 893. The molecule has 4 rings (SSSR count). The number of carbonyl (C=O) groups excluding carboxylic acids is 2. The van der Waals surface area contributed by atoms with Gasteiger partial charge in [-0.3, -0.25) is 9.69 Å². The van der Waals surface area contributed by atoms with E-state index in [2.05, 4.69) is 0 Å². The van der Waals surface area contributed by atoms with Crippen LogP contribution in [0.1, 0.15) is 11.1 Å². The fourth-order valence-electron chi connectivity index (χ4n) is 3.10. The van der Waals surface area contributed by atoms with E-state index in [9.17, 15) is 9.59 Å². The molecule has 2 aliphatic rings. The van der Waals surface area contributed by atoms with Crippen LogP contribution in [0.25, 0.3) is 5.57 Å². The van der Waals surface area contributed by atoms with E-state index >= 15 is 0 Å². The van der Waals surface area contributed by atoms with Crippen LogP contribution in [0.4, 0.5) is 0 Å². The predicted molar refractivity (Wildman–Crippen MR) is 105 cm³/mol. The Kier molecular flexibility index (Phi) is 4.94. The lowest BCUT2D eigenvalue weighted by atomic mass is 10.0. The number of methoxy groups -OCH3 is 1. The first-order chi connectivity index (χ1) is 13.1. The molecule has 2 aromatic rings. The summed E-state index contributed by atoms with van der Waals surface area (Å²) in [5, 5.41) is 3.71. The molecule has 1 aromatic heterocycles. The van der Waals surface area contributed by atoms with Gasteiger partial charge in [0, 0.05) is 11.3 Å². The lowest BCUT2D eigenvalue weighted by Gasteiger charge is -2.48. The van der Waals surface area contributed by atoms with Gasteiger partial charge in [0.1, 0.15) is 29.5 Å². The van der Waals surface area contributed by atoms with Crippen molar-refractivity contribution in [1.82, 2.24) is 4.90 Å². The quantitative estimate of drug-likeness (QED) is 0.611. The number of ether oxygens (including phenoxy) is 2. The summed E-state index contributed by atoms with van der Waals surface area (Å²) in [6.45, 7) is 0.120. The molecule has 0 spiro atoms. The van der Waals surface area contributed by atoms with E-state index in [1.807, 2.05) is 41.1 Å². The number of amides is 1. The zero-order chi connectivity index (χ0) is 19.0. The Morgan fingerprint density at radius 3 is 2.74 bits per heavy atom. The summed E-state index contributed by atoms with van der Waals surface area (Å²) in [6, 6.07) is 8.68. The molecule has 3 heterocycles. The normalized spacial score (nSPS) is 21.6. The van der Waals surface area contributed by atoms with E-state index in [0.29, 0.717) is 11.4 Å². The van der Waals surface area contributed by atoms with Crippen molar-refractivity contribution < 1.29 is 19.1 Å². The van der Waals surface area contributed by atoms with Gasteiger partial charge in [-0.25, -0.2) is 4.79 Å². The number of benzene rings is 1. The molecule has 2 N–H and O–H groups in total. The average molecular weight is 402 g/mol. The molecule has 8 heteroatoms. The monoisotopic (exact) mass is 402 g/mol. The van der Waals surface area contributed by atoms with Gasteiger partial charge in [0.25, 0.3) is 0 Å². The van der Waals surface area contributed by atoms with Crippen LogP contribution >= 0.6 is 23.1 Å². The van der Waals surface area contributed by atoms with Crippen LogP contribution in [0.2, 0.25) is 0 Å². The number of nitrogens with zero attached hydrogens (tertiary/aromatic N) is 1. The van der Waals surface area contributed by atoms with Crippen molar-refractivity contribution in [3.05, 3.63) is 57.9 Å². The first-order valence-corrected chi connectivity index (χ1v) is 10.4. The number of carbonyl (C=O) groups is 2. The Hall–Kier alpha value is -2.29. The van der Waals surface area contributed by atoms with Gasteiger partial charge in [-0.05, 0) is 40.1 Å².